The minimum Gasteiger partial charge on any atom is -0.308 e. The lowest BCUT2D eigenvalue weighted by Crippen LogP contribution is -2.51. The number of rotatable bonds is 5. The first kappa shape index (κ1) is 14.3. The van der Waals surface area contributed by atoms with Crippen LogP contribution in [0.4, 0.5) is 0 Å². The fraction of sp³-hybridized carbons (Fsp3) is 0.714. The lowest BCUT2D eigenvalue weighted by molar-refractivity contribution is 0.109. The Kier molecular flexibility index (Phi) is 4.70. The van der Waals surface area contributed by atoms with Gasteiger partial charge in [-0.1, -0.05) is 18.5 Å². The van der Waals surface area contributed by atoms with Crippen LogP contribution in [-0.2, 0) is 0 Å². The predicted octanol–water partition coefficient (Wildman–Crippen LogP) is 3.93. The molecule has 1 aliphatic rings. The molecule has 2 nitrogen and oxygen atoms in total. The van der Waals surface area contributed by atoms with E-state index >= 15 is 0 Å². The molecule has 0 amide bonds. The van der Waals surface area contributed by atoms with Gasteiger partial charge in [-0.2, -0.15) is 0 Å². The average molecular weight is 287 g/mol. The number of likely N-dealkylation sites (tertiary alicyclic amines) is 1. The standard InChI is InChI=1S/C14H23ClN2S/c1-4-16-13(11-7-8-12(15)18-11)14(2,3)17-9-5-6-10-17/h7-8,13,16H,4-6,9-10H2,1-3H3. The minimum atomic E-state index is 0.140. The number of hydrogen-bond donors (Lipinski definition) is 1. The van der Waals surface area contributed by atoms with E-state index in [-0.39, 0.29) is 5.54 Å². The van der Waals surface area contributed by atoms with Crippen LogP contribution in [-0.4, -0.2) is 30.1 Å². The van der Waals surface area contributed by atoms with Crippen molar-refractivity contribution in [2.24, 2.45) is 0 Å². The molecule has 18 heavy (non-hydrogen) atoms. The first-order chi connectivity index (χ1) is 8.55. The van der Waals surface area contributed by atoms with E-state index in [4.69, 9.17) is 11.6 Å². The maximum Gasteiger partial charge on any atom is 0.0931 e. The summed E-state index contributed by atoms with van der Waals surface area (Å²) in [4.78, 5) is 3.95. The molecule has 4 heteroatoms. The van der Waals surface area contributed by atoms with Crippen molar-refractivity contribution in [1.29, 1.82) is 0 Å². The van der Waals surface area contributed by atoms with Crippen molar-refractivity contribution in [3.63, 3.8) is 0 Å². The molecule has 0 aromatic carbocycles. The molecule has 1 saturated heterocycles. The Hall–Kier alpha value is -0.0900. The van der Waals surface area contributed by atoms with Gasteiger partial charge in [0.15, 0.2) is 0 Å². The molecule has 1 aromatic rings. The zero-order valence-electron chi connectivity index (χ0n) is 11.5. The molecular weight excluding hydrogens is 264 g/mol. The highest BCUT2D eigenvalue weighted by atomic mass is 35.5. The summed E-state index contributed by atoms with van der Waals surface area (Å²) in [6.07, 6.45) is 2.65. The molecule has 102 valence electrons. The molecule has 1 N–H and O–H groups in total. The smallest absolute Gasteiger partial charge is 0.0931 e. The molecule has 2 rings (SSSR count). The Morgan fingerprint density at radius 1 is 1.39 bits per heavy atom. The summed E-state index contributed by atoms with van der Waals surface area (Å²) in [7, 11) is 0. The highest BCUT2D eigenvalue weighted by Gasteiger charge is 2.37. The van der Waals surface area contributed by atoms with Gasteiger partial charge in [0.2, 0.25) is 0 Å². The van der Waals surface area contributed by atoms with Gasteiger partial charge in [-0.25, -0.2) is 0 Å². The molecule has 0 radical (unpaired) electrons. The van der Waals surface area contributed by atoms with Crippen molar-refractivity contribution in [3.8, 4) is 0 Å². The van der Waals surface area contributed by atoms with Gasteiger partial charge in [0.1, 0.15) is 0 Å². The second-order valence-corrected chi connectivity index (χ2v) is 7.23. The van der Waals surface area contributed by atoms with Crippen LogP contribution in [0.25, 0.3) is 0 Å². The number of thiophene rings is 1. The van der Waals surface area contributed by atoms with E-state index < -0.39 is 0 Å². The van der Waals surface area contributed by atoms with Crippen LogP contribution in [0, 0.1) is 0 Å². The summed E-state index contributed by atoms with van der Waals surface area (Å²) in [6.45, 7) is 10.3. The summed E-state index contributed by atoms with van der Waals surface area (Å²) < 4.78 is 0.880. The van der Waals surface area contributed by atoms with Crippen molar-refractivity contribution >= 4 is 22.9 Å². The first-order valence-corrected chi connectivity index (χ1v) is 7.99. The average Bonchev–Trinajstić information content (AvgIpc) is 2.96. The Bertz CT molecular complexity index is 383. The van der Waals surface area contributed by atoms with Crippen LogP contribution in [0.15, 0.2) is 12.1 Å². The molecule has 1 aliphatic heterocycles. The summed E-state index contributed by atoms with van der Waals surface area (Å²) in [5.41, 5.74) is 0.140. The zero-order valence-corrected chi connectivity index (χ0v) is 13.1. The fourth-order valence-corrected chi connectivity index (χ4v) is 4.18. The third kappa shape index (κ3) is 2.90. The van der Waals surface area contributed by atoms with Gasteiger partial charge >= 0.3 is 0 Å². The van der Waals surface area contributed by atoms with Gasteiger partial charge in [0.25, 0.3) is 0 Å². The Morgan fingerprint density at radius 2 is 2.06 bits per heavy atom. The van der Waals surface area contributed by atoms with Crippen LogP contribution in [0.2, 0.25) is 4.34 Å². The van der Waals surface area contributed by atoms with Crippen LogP contribution >= 0.6 is 22.9 Å². The van der Waals surface area contributed by atoms with E-state index in [0.29, 0.717) is 6.04 Å². The number of halogens is 1. The van der Waals surface area contributed by atoms with E-state index in [1.807, 2.05) is 6.07 Å². The number of hydrogen-bond acceptors (Lipinski definition) is 3. The van der Waals surface area contributed by atoms with Crippen LogP contribution in [0.1, 0.15) is 44.5 Å². The molecule has 0 spiro atoms. The maximum absolute atomic E-state index is 6.09. The van der Waals surface area contributed by atoms with Crippen molar-refractivity contribution in [3.05, 3.63) is 21.3 Å². The van der Waals surface area contributed by atoms with Crippen LogP contribution in [0.5, 0.6) is 0 Å². The summed E-state index contributed by atoms with van der Waals surface area (Å²) in [6, 6.07) is 4.53. The van der Waals surface area contributed by atoms with E-state index in [9.17, 15) is 0 Å². The number of likely N-dealkylation sites (N-methyl/N-ethyl adjacent to an activating group) is 1. The molecular formula is C14H23ClN2S. The second kappa shape index (κ2) is 5.91. The lowest BCUT2D eigenvalue weighted by Gasteiger charge is -2.42. The van der Waals surface area contributed by atoms with Gasteiger partial charge in [-0.05, 0) is 58.5 Å². The Morgan fingerprint density at radius 3 is 2.56 bits per heavy atom. The van der Waals surface area contributed by atoms with Gasteiger partial charge in [0, 0.05) is 10.4 Å². The minimum absolute atomic E-state index is 0.140. The van der Waals surface area contributed by atoms with Crippen molar-refractivity contribution < 1.29 is 0 Å². The molecule has 0 bridgehead atoms. The fourth-order valence-electron chi connectivity index (χ4n) is 2.86. The predicted molar refractivity (Wildman–Crippen MR) is 80.6 cm³/mol. The molecule has 0 saturated carbocycles. The van der Waals surface area contributed by atoms with Crippen molar-refractivity contribution in [2.45, 2.75) is 45.2 Å². The molecule has 1 aromatic heterocycles. The van der Waals surface area contributed by atoms with Crippen molar-refractivity contribution in [2.75, 3.05) is 19.6 Å². The lowest BCUT2D eigenvalue weighted by atomic mass is 9.91. The van der Waals surface area contributed by atoms with E-state index in [0.717, 1.165) is 10.9 Å². The topological polar surface area (TPSA) is 15.3 Å². The van der Waals surface area contributed by atoms with Gasteiger partial charge in [-0.3, -0.25) is 4.90 Å². The highest BCUT2D eigenvalue weighted by molar-refractivity contribution is 7.16. The normalized spacial score (nSPS) is 19.3. The summed E-state index contributed by atoms with van der Waals surface area (Å²) in [5.74, 6) is 0. The second-order valence-electron chi connectivity index (χ2n) is 5.48. The molecule has 1 fully saturated rings. The monoisotopic (exact) mass is 286 g/mol. The van der Waals surface area contributed by atoms with E-state index in [1.165, 1.54) is 30.8 Å². The van der Waals surface area contributed by atoms with Crippen LogP contribution < -0.4 is 5.32 Å². The third-order valence-corrected chi connectivity index (χ3v) is 5.21. The van der Waals surface area contributed by atoms with Gasteiger partial charge in [0.05, 0.1) is 10.4 Å². The van der Waals surface area contributed by atoms with Gasteiger partial charge < -0.3 is 5.32 Å². The SMILES string of the molecule is CCNC(c1ccc(Cl)s1)C(C)(C)N1CCCC1. The van der Waals surface area contributed by atoms with Crippen LogP contribution in [0.3, 0.4) is 0 Å². The summed E-state index contributed by atoms with van der Waals surface area (Å²) in [5, 5.41) is 3.64. The molecule has 0 aliphatic carbocycles. The maximum atomic E-state index is 6.09. The largest absolute Gasteiger partial charge is 0.308 e. The number of nitrogens with zero attached hydrogens (tertiary/aromatic N) is 1. The molecule has 2 heterocycles. The highest BCUT2D eigenvalue weighted by Crippen LogP contribution is 2.37. The summed E-state index contributed by atoms with van der Waals surface area (Å²) >= 11 is 7.79. The quantitative estimate of drug-likeness (QED) is 0.882. The Labute approximate surface area is 119 Å². The number of nitrogens with one attached hydrogen (secondary N) is 1. The zero-order chi connectivity index (χ0) is 13.2. The molecule has 1 unspecified atom stereocenters. The van der Waals surface area contributed by atoms with Gasteiger partial charge in [-0.15, -0.1) is 11.3 Å². The molecule has 1 atom stereocenters. The Balaban J connectivity index is 2.22. The third-order valence-electron chi connectivity index (χ3n) is 3.91. The first-order valence-electron chi connectivity index (χ1n) is 6.79. The van der Waals surface area contributed by atoms with Crippen molar-refractivity contribution in [1.82, 2.24) is 10.2 Å². The van der Waals surface area contributed by atoms with E-state index in [1.54, 1.807) is 11.3 Å². The van der Waals surface area contributed by atoms with E-state index in [2.05, 4.69) is 37.1 Å².